The Kier molecular flexibility index (Phi) is 6.31. The standard InChI is InChI=1S/C20H26N2O4S/c1-12-4-5-15(10-13(12)2)26-19(24)9-8-18(23)22-20-21-16-7-6-14(25-3)11-17(16)27-20/h6-7,11-13,15H,4-5,8-10H2,1-3H3,(H,21,22,23)/t12-,13-,15-/m1/s1. The molecular weight excluding hydrogens is 364 g/mol. The van der Waals surface area contributed by atoms with Crippen LogP contribution in [0.15, 0.2) is 18.2 Å². The molecule has 0 unspecified atom stereocenters. The predicted octanol–water partition coefficient (Wildman–Crippen LogP) is 4.39. The zero-order valence-electron chi connectivity index (χ0n) is 16.0. The van der Waals surface area contributed by atoms with E-state index in [1.54, 1.807) is 7.11 Å². The summed E-state index contributed by atoms with van der Waals surface area (Å²) >= 11 is 1.38. The van der Waals surface area contributed by atoms with Gasteiger partial charge in [0, 0.05) is 6.42 Å². The quantitative estimate of drug-likeness (QED) is 0.740. The van der Waals surface area contributed by atoms with E-state index in [1.165, 1.54) is 11.3 Å². The van der Waals surface area contributed by atoms with Gasteiger partial charge in [-0.15, -0.1) is 0 Å². The third kappa shape index (κ3) is 5.19. The van der Waals surface area contributed by atoms with Crippen molar-refractivity contribution in [1.29, 1.82) is 0 Å². The van der Waals surface area contributed by atoms with Gasteiger partial charge in [-0.3, -0.25) is 9.59 Å². The highest BCUT2D eigenvalue weighted by Gasteiger charge is 2.27. The van der Waals surface area contributed by atoms with Gasteiger partial charge in [-0.05, 0) is 49.3 Å². The number of ether oxygens (including phenoxy) is 2. The van der Waals surface area contributed by atoms with Crippen LogP contribution in [0.4, 0.5) is 5.13 Å². The molecule has 6 nitrogen and oxygen atoms in total. The van der Waals surface area contributed by atoms with Gasteiger partial charge in [0.25, 0.3) is 0 Å². The van der Waals surface area contributed by atoms with Gasteiger partial charge in [0.2, 0.25) is 5.91 Å². The minimum Gasteiger partial charge on any atom is -0.497 e. The first kappa shape index (κ1) is 19.6. The molecule has 1 amide bonds. The average Bonchev–Trinajstić information content (AvgIpc) is 3.04. The molecule has 1 heterocycles. The Labute approximate surface area is 163 Å². The number of hydrogen-bond acceptors (Lipinski definition) is 6. The lowest BCUT2D eigenvalue weighted by Crippen LogP contribution is -2.29. The first-order chi connectivity index (χ1) is 12.9. The number of carbonyl (C=O) groups is 2. The zero-order valence-corrected chi connectivity index (χ0v) is 16.8. The van der Waals surface area contributed by atoms with Crippen LogP contribution >= 0.6 is 11.3 Å². The predicted molar refractivity (Wildman–Crippen MR) is 106 cm³/mol. The number of hydrogen-bond donors (Lipinski definition) is 1. The highest BCUT2D eigenvalue weighted by molar-refractivity contribution is 7.22. The molecule has 1 aliphatic rings. The van der Waals surface area contributed by atoms with E-state index < -0.39 is 0 Å². The minimum absolute atomic E-state index is 0.00833. The van der Waals surface area contributed by atoms with Crippen LogP contribution in [0, 0.1) is 11.8 Å². The summed E-state index contributed by atoms with van der Waals surface area (Å²) in [5.41, 5.74) is 0.802. The number of rotatable bonds is 6. The number of nitrogens with one attached hydrogen (secondary N) is 1. The molecule has 0 saturated heterocycles. The van der Waals surface area contributed by atoms with Gasteiger partial charge in [-0.1, -0.05) is 25.2 Å². The van der Waals surface area contributed by atoms with E-state index in [2.05, 4.69) is 24.1 Å². The van der Waals surface area contributed by atoms with Crippen molar-refractivity contribution in [3.63, 3.8) is 0 Å². The molecule has 3 rings (SSSR count). The Hall–Kier alpha value is -2.15. The van der Waals surface area contributed by atoms with Crippen LogP contribution in [0.3, 0.4) is 0 Å². The third-order valence-corrected chi connectivity index (χ3v) is 6.18. The Balaban J connectivity index is 1.46. The lowest BCUT2D eigenvalue weighted by Gasteiger charge is -2.31. The second-order valence-corrected chi connectivity index (χ2v) is 8.31. The lowest BCUT2D eigenvalue weighted by atomic mass is 9.80. The van der Waals surface area contributed by atoms with Crippen molar-refractivity contribution in [1.82, 2.24) is 4.98 Å². The fourth-order valence-electron chi connectivity index (χ4n) is 3.33. The van der Waals surface area contributed by atoms with Gasteiger partial charge in [-0.2, -0.15) is 0 Å². The number of carbonyl (C=O) groups excluding carboxylic acids is 2. The molecule has 0 bridgehead atoms. The Morgan fingerprint density at radius 3 is 2.78 bits per heavy atom. The van der Waals surface area contributed by atoms with Crippen molar-refractivity contribution in [3.05, 3.63) is 18.2 Å². The molecule has 3 atom stereocenters. The third-order valence-electron chi connectivity index (χ3n) is 5.25. The smallest absolute Gasteiger partial charge is 0.306 e. The number of thiazole rings is 1. The molecule has 0 spiro atoms. The maximum absolute atomic E-state index is 12.1. The molecule has 146 valence electrons. The van der Waals surface area contributed by atoms with Crippen molar-refractivity contribution in [2.75, 3.05) is 12.4 Å². The van der Waals surface area contributed by atoms with Crippen LogP contribution in [-0.2, 0) is 14.3 Å². The SMILES string of the molecule is COc1ccc2nc(NC(=O)CCC(=O)O[C@@H]3CC[C@@H](C)[C@H](C)C3)sc2c1. The van der Waals surface area contributed by atoms with Crippen LogP contribution in [0.25, 0.3) is 10.2 Å². The van der Waals surface area contributed by atoms with Gasteiger partial charge in [0.15, 0.2) is 5.13 Å². The minimum atomic E-state index is -0.300. The number of esters is 1. The van der Waals surface area contributed by atoms with Crippen molar-refractivity contribution >= 4 is 38.6 Å². The summed E-state index contributed by atoms with van der Waals surface area (Å²) in [4.78, 5) is 28.5. The summed E-state index contributed by atoms with van der Waals surface area (Å²) in [5.74, 6) is 1.46. The number of amides is 1. The largest absolute Gasteiger partial charge is 0.497 e. The molecule has 0 aliphatic heterocycles. The normalized spacial score (nSPS) is 22.4. The highest BCUT2D eigenvalue weighted by atomic mass is 32.1. The van der Waals surface area contributed by atoms with E-state index in [0.717, 1.165) is 35.2 Å². The van der Waals surface area contributed by atoms with Crippen molar-refractivity contribution in [3.8, 4) is 5.75 Å². The molecule has 1 aromatic heterocycles. The molecule has 2 aromatic rings. The summed E-state index contributed by atoms with van der Waals surface area (Å²) < 4.78 is 11.7. The average molecular weight is 391 g/mol. The number of benzene rings is 1. The molecule has 1 aliphatic carbocycles. The Morgan fingerprint density at radius 1 is 1.22 bits per heavy atom. The van der Waals surface area contributed by atoms with Crippen LogP contribution in [0.5, 0.6) is 5.75 Å². The van der Waals surface area contributed by atoms with Gasteiger partial charge < -0.3 is 14.8 Å². The summed E-state index contributed by atoms with van der Waals surface area (Å²) in [5, 5.41) is 3.28. The number of methoxy groups -OCH3 is 1. The Morgan fingerprint density at radius 2 is 2.04 bits per heavy atom. The van der Waals surface area contributed by atoms with Crippen molar-refractivity contribution in [2.24, 2.45) is 11.8 Å². The molecular formula is C20H26N2O4S. The van der Waals surface area contributed by atoms with E-state index in [1.807, 2.05) is 18.2 Å². The monoisotopic (exact) mass is 390 g/mol. The molecule has 1 fully saturated rings. The van der Waals surface area contributed by atoms with Crippen LogP contribution < -0.4 is 10.1 Å². The van der Waals surface area contributed by atoms with E-state index in [-0.39, 0.29) is 30.8 Å². The van der Waals surface area contributed by atoms with Crippen LogP contribution in [0.2, 0.25) is 0 Å². The molecule has 7 heteroatoms. The molecule has 1 aromatic carbocycles. The lowest BCUT2D eigenvalue weighted by molar-refractivity contribution is -0.152. The first-order valence-corrected chi connectivity index (χ1v) is 10.2. The number of nitrogens with zero attached hydrogens (tertiary/aromatic N) is 1. The second kappa shape index (κ2) is 8.69. The van der Waals surface area contributed by atoms with E-state index >= 15 is 0 Å². The fourth-order valence-corrected chi connectivity index (χ4v) is 4.24. The maximum Gasteiger partial charge on any atom is 0.306 e. The summed E-state index contributed by atoms with van der Waals surface area (Å²) in [7, 11) is 1.61. The van der Waals surface area contributed by atoms with Gasteiger partial charge in [0.05, 0.1) is 23.7 Å². The van der Waals surface area contributed by atoms with Crippen LogP contribution in [-0.4, -0.2) is 30.1 Å². The maximum atomic E-state index is 12.1. The zero-order chi connectivity index (χ0) is 19.4. The van der Waals surface area contributed by atoms with Gasteiger partial charge in [-0.25, -0.2) is 4.98 Å². The number of aromatic nitrogens is 1. The van der Waals surface area contributed by atoms with Crippen LogP contribution in [0.1, 0.15) is 46.0 Å². The van der Waals surface area contributed by atoms with Crippen molar-refractivity contribution in [2.45, 2.75) is 52.1 Å². The number of anilines is 1. The number of fused-ring (bicyclic) bond motifs is 1. The van der Waals surface area contributed by atoms with E-state index in [9.17, 15) is 9.59 Å². The summed E-state index contributed by atoms with van der Waals surface area (Å²) in [6.45, 7) is 4.44. The highest BCUT2D eigenvalue weighted by Crippen LogP contribution is 2.31. The molecule has 1 saturated carbocycles. The Bertz CT molecular complexity index is 819. The topological polar surface area (TPSA) is 77.5 Å². The molecule has 27 heavy (non-hydrogen) atoms. The first-order valence-electron chi connectivity index (χ1n) is 9.38. The summed E-state index contributed by atoms with van der Waals surface area (Å²) in [6.07, 6.45) is 3.09. The fraction of sp³-hybridized carbons (Fsp3) is 0.550. The summed E-state index contributed by atoms with van der Waals surface area (Å²) in [6, 6.07) is 5.56. The molecule has 1 N–H and O–H groups in total. The molecule has 0 radical (unpaired) electrons. The van der Waals surface area contributed by atoms with E-state index in [4.69, 9.17) is 9.47 Å². The second-order valence-electron chi connectivity index (χ2n) is 7.28. The van der Waals surface area contributed by atoms with Gasteiger partial charge >= 0.3 is 5.97 Å². The van der Waals surface area contributed by atoms with Crippen molar-refractivity contribution < 1.29 is 19.1 Å². The van der Waals surface area contributed by atoms with Gasteiger partial charge in [0.1, 0.15) is 11.9 Å². The van der Waals surface area contributed by atoms with E-state index in [0.29, 0.717) is 17.0 Å².